The van der Waals surface area contributed by atoms with E-state index in [9.17, 15) is 5.11 Å². The standard InChI is InChI=1S/C14H22O/c1-3-10(2)9-12-6-4-5-11-7-8-13(15)14(11)12/h3,9,11-15H,1,4-8H2,2H3. The van der Waals surface area contributed by atoms with Crippen molar-refractivity contribution < 1.29 is 5.11 Å². The van der Waals surface area contributed by atoms with Crippen LogP contribution in [-0.4, -0.2) is 11.2 Å². The molecule has 0 spiro atoms. The third-order valence-electron chi connectivity index (χ3n) is 4.23. The summed E-state index contributed by atoms with van der Waals surface area (Å²) in [7, 11) is 0. The molecule has 0 aliphatic heterocycles. The molecule has 2 aliphatic rings. The van der Waals surface area contributed by atoms with Gasteiger partial charge in [-0.3, -0.25) is 0 Å². The van der Waals surface area contributed by atoms with Crippen molar-refractivity contribution in [3.63, 3.8) is 0 Å². The summed E-state index contributed by atoms with van der Waals surface area (Å²) >= 11 is 0. The molecule has 15 heavy (non-hydrogen) atoms. The molecule has 84 valence electrons. The zero-order valence-electron chi connectivity index (χ0n) is 9.65. The molecule has 0 aromatic heterocycles. The van der Waals surface area contributed by atoms with Gasteiger partial charge in [-0.05, 0) is 43.9 Å². The molecule has 4 atom stereocenters. The third-order valence-corrected chi connectivity index (χ3v) is 4.23. The minimum absolute atomic E-state index is 0.0471. The first-order valence-electron chi connectivity index (χ1n) is 6.21. The molecule has 4 unspecified atom stereocenters. The molecule has 1 nitrogen and oxygen atoms in total. The molecule has 2 rings (SSSR count). The summed E-state index contributed by atoms with van der Waals surface area (Å²) in [6.45, 7) is 5.91. The molecule has 2 saturated carbocycles. The van der Waals surface area contributed by atoms with Gasteiger partial charge in [0.2, 0.25) is 0 Å². The van der Waals surface area contributed by atoms with Crippen LogP contribution in [0.5, 0.6) is 0 Å². The van der Waals surface area contributed by atoms with E-state index in [1.54, 1.807) is 0 Å². The normalized spacial score (nSPS) is 41.3. The topological polar surface area (TPSA) is 20.2 Å². The van der Waals surface area contributed by atoms with Crippen molar-refractivity contribution in [3.05, 3.63) is 24.3 Å². The van der Waals surface area contributed by atoms with E-state index in [-0.39, 0.29) is 6.10 Å². The molecule has 2 aliphatic carbocycles. The molecular weight excluding hydrogens is 184 g/mol. The van der Waals surface area contributed by atoms with Gasteiger partial charge in [-0.2, -0.15) is 0 Å². The van der Waals surface area contributed by atoms with Crippen molar-refractivity contribution in [3.8, 4) is 0 Å². The maximum absolute atomic E-state index is 10.0. The Morgan fingerprint density at radius 2 is 2.07 bits per heavy atom. The summed E-state index contributed by atoms with van der Waals surface area (Å²) in [5, 5.41) is 10.0. The summed E-state index contributed by atoms with van der Waals surface area (Å²) in [4.78, 5) is 0. The predicted octanol–water partition coefficient (Wildman–Crippen LogP) is 3.31. The highest BCUT2D eigenvalue weighted by atomic mass is 16.3. The van der Waals surface area contributed by atoms with Crippen molar-refractivity contribution in [2.24, 2.45) is 17.8 Å². The Kier molecular flexibility index (Phi) is 3.30. The van der Waals surface area contributed by atoms with E-state index in [0.29, 0.717) is 11.8 Å². The zero-order valence-corrected chi connectivity index (χ0v) is 9.65. The molecule has 0 heterocycles. The molecule has 0 saturated heterocycles. The van der Waals surface area contributed by atoms with Crippen LogP contribution >= 0.6 is 0 Å². The zero-order chi connectivity index (χ0) is 10.8. The minimum Gasteiger partial charge on any atom is -0.393 e. The quantitative estimate of drug-likeness (QED) is 0.687. The minimum atomic E-state index is -0.0471. The van der Waals surface area contributed by atoms with Crippen LogP contribution in [0.25, 0.3) is 0 Å². The monoisotopic (exact) mass is 206 g/mol. The van der Waals surface area contributed by atoms with Crippen LogP contribution in [0.1, 0.15) is 39.0 Å². The van der Waals surface area contributed by atoms with Gasteiger partial charge in [0, 0.05) is 0 Å². The summed E-state index contributed by atoms with van der Waals surface area (Å²) in [5.41, 5.74) is 1.26. The van der Waals surface area contributed by atoms with Gasteiger partial charge in [0.05, 0.1) is 6.10 Å². The average molecular weight is 206 g/mol. The Hall–Kier alpha value is -0.560. The Morgan fingerprint density at radius 1 is 1.27 bits per heavy atom. The second kappa shape index (κ2) is 4.52. The van der Waals surface area contributed by atoms with E-state index in [1.807, 2.05) is 6.08 Å². The molecule has 0 amide bonds. The van der Waals surface area contributed by atoms with Crippen LogP contribution in [0, 0.1) is 17.8 Å². The summed E-state index contributed by atoms with van der Waals surface area (Å²) < 4.78 is 0. The second-order valence-electron chi connectivity index (χ2n) is 5.19. The number of allylic oxidation sites excluding steroid dienone is 3. The molecule has 0 aromatic carbocycles. The second-order valence-corrected chi connectivity index (χ2v) is 5.19. The van der Waals surface area contributed by atoms with Gasteiger partial charge in [-0.25, -0.2) is 0 Å². The van der Waals surface area contributed by atoms with Crippen molar-refractivity contribution in [2.45, 2.75) is 45.1 Å². The summed E-state index contributed by atoms with van der Waals surface area (Å²) in [6, 6.07) is 0. The van der Waals surface area contributed by atoms with E-state index >= 15 is 0 Å². The number of fused-ring (bicyclic) bond motifs is 1. The van der Waals surface area contributed by atoms with Gasteiger partial charge in [0.1, 0.15) is 0 Å². The fourth-order valence-electron chi connectivity index (χ4n) is 3.46. The van der Waals surface area contributed by atoms with Crippen molar-refractivity contribution >= 4 is 0 Å². The van der Waals surface area contributed by atoms with Crippen molar-refractivity contribution in [2.75, 3.05) is 0 Å². The Labute approximate surface area is 92.9 Å². The Bertz CT molecular complexity index is 265. The largest absolute Gasteiger partial charge is 0.393 e. The maximum Gasteiger partial charge on any atom is 0.0576 e. The number of hydrogen-bond donors (Lipinski definition) is 1. The smallest absolute Gasteiger partial charge is 0.0576 e. The van der Waals surface area contributed by atoms with E-state index in [2.05, 4.69) is 19.6 Å². The SMILES string of the molecule is C=CC(C)=CC1CCCC2CCC(O)C12. The molecule has 1 heteroatoms. The van der Waals surface area contributed by atoms with Crippen LogP contribution in [-0.2, 0) is 0 Å². The number of hydrogen-bond acceptors (Lipinski definition) is 1. The van der Waals surface area contributed by atoms with E-state index in [0.717, 1.165) is 12.3 Å². The van der Waals surface area contributed by atoms with E-state index in [1.165, 1.54) is 31.3 Å². The molecule has 0 bridgehead atoms. The number of aliphatic hydroxyl groups is 1. The molecule has 0 radical (unpaired) electrons. The van der Waals surface area contributed by atoms with Crippen LogP contribution in [0.3, 0.4) is 0 Å². The first-order valence-corrected chi connectivity index (χ1v) is 6.21. The van der Waals surface area contributed by atoms with Gasteiger partial charge in [-0.15, -0.1) is 0 Å². The van der Waals surface area contributed by atoms with Crippen molar-refractivity contribution in [1.29, 1.82) is 0 Å². The van der Waals surface area contributed by atoms with E-state index < -0.39 is 0 Å². The maximum atomic E-state index is 10.0. The highest BCUT2D eigenvalue weighted by molar-refractivity contribution is 5.16. The predicted molar refractivity (Wildman–Crippen MR) is 63.5 cm³/mol. The van der Waals surface area contributed by atoms with Gasteiger partial charge in [0.15, 0.2) is 0 Å². The molecular formula is C14H22O. The van der Waals surface area contributed by atoms with Crippen LogP contribution < -0.4 is 0 Å². The van der Waals surface area contributed by atoms with Gasteiger partial charge in [0.25, 0.3) is 0 Å². The van der Waals surface area contributed by atoms with Crippen molar-refractivity contribution in [1.82, 2.24) is 0 Å². The van der Waals surface area contributed by atoms with Gasteiger partial charge < -0.3 is 5.11 Å². The number of rotatable bonds is 2. The van der Waals surface area contributed by atoms with Crippen LogP contribution in [0.15, 0.2) is 24.3 Å². The first-order chi connectivity index (χ1) is 7.22. The Balaban J connectivity index is 2.13. The Morgan fingerprint density at radius 3 is 2.80 bits per heavy atom. The van der Waals surface area contributed by atoms with E-state index in [4.69, 9.17) is 0 Å². The third kappa shape index (κ3) is 2.17. The molecule has 1 N–H and O–H groups in total. The lowest BCUT2D eigenvalue weighted by Gasteiger charge is -2.34. The molecule has 2 fully saturated rings. The lowest BCUT2D eigenvalue weighted by atomic mass is 9.72. The fourth-order valence-corrected chi connectivity index (χ4v) is 3.46. The average Bonchev–Trinajstić information content (AvgIpc) is 2.61. The van der Waals surface area contributed by atoms with Gasteiger partial charge >= 0.3 is 0 Å². The first kappa shape index (κ1) is 10.9. The van der Waals surface area contributed by atoms with Crippen LogP contribution in [0.4, 0.5) is 0 Å². The van der Waals surface area contributed by atoms with Gasteiger partial charge in [-0.1, -0.05) is 37.1 Å². The molecule has 0 aromatic rings. The summed E-state index contributed by atoms with van der Waals surface area (Å²) in [6.07, 6.45) is 10.4. The fraction of sp³-hybridized carbons (Fsp3) is 0.714. The summed E-state index contributed by atoms with van der Waals surface area (Å²) in [5.74, 6) is 1.92. The van der Waals surface area contributed by atoms with Crippen LogP contribution in [0.2, 0.25) is 0 Å². The lowest BCUT2D eigenvalue weighted by molar-refractivity contribution is 0.0705. The highest BCUT2D eigenvalue weighted by Gasteiger charge is 2.41. The highest BCUT2D eigenvalue weighted by Crippen LogP contribution is 2.46. The number of aliphatic hydroxyl groups excluding tert-OH is 1. The lowest BCUT2D eigenvalue weighted by Crippen LogP contribution is -2.30.